The fraction of sp³-hybridized carbons (Fsp3) is 0.706. The molecular weight excluding hydrogens is 246 g/mol. The van der Waals surface area contributed by atoms with E-state index in [0.29, 0.717) is 0 Å². The molecule has 112 valence electrons. The maximum absolute atomic E-state index is 4.41. The molecule has 1 heterocycles. The Balaban J connectivity index is 1.61. The highest BCUT2D eigenvalue weighted by atomic mass is 15.1. The monoisotopic (exact) mass is 275 g/mol. The van der Waals surface area contributed by atoms with Crippen molar-refractivity contribution in [2.45, 2.75) is 45.6 Å². The summed E-state index contributed by atoms with van der Waals surface area (Å²) in [4.78, 5) is 6.86. The number of hydrogen-bond donors (Lipinski definition) is 1. The molecule has 1 aliphatic rings. The average molecular weight is 275 g/mol. The lowest BCUT2D eigenvalue weighted by molar-refractivity contribution is 0.268. The smallest absolute Gasteiger partial charge is 0.0543 e. The van der Waals surface area contributed by atoms with Crippen LogP contribution in [0.5, 0.6) is 0 Å². The summed E-state index contributed by atoms with van der Waals surface area (Å²) < 4.78 is 0. The van der Waals surface area contributed by atoms with Gasteiger partial charge in [0, 0.05) is 25.8 Å². The maximum Gasteiger partial charge on any atom is 0.0543 e. The van der Waals surface area contributed by atoms with Crippen molar-refractivity contribution >= 4 is 0 Å². The first-order valence-electron chi connectivity index (χ1n) is 8.21. The second-order valence-corrected chi connectivity index (χ2v) is 5.90. The van der Waals surface area contributed by atoms with Crippen molar-refractivity contribution in [2.24, 2.45) is 5.92 Å². The third kappa shape index (κ3) is 5.59. The van der Waals surface area contributed by atoms with Crippen LogP contribution < -0.4 is 5.32 Å². The van der Waals surface area contributed by atoms with Crippen LogP contribution in [0.15, 0.2) is 24.4 Å². The van der Waals surface area contributed by atoms with E-state index in [2.05, 4.69) is 34.3 Å². The number of rotatable bonds is 8. The minimum atomic E-state index is 0.926. The molecule has 1 aromatic rings. The van der Waals surface area contributed by atoms with E-state index in [1.165, 1.54) is 44.3 Å². The fourth-order valence-corrected chi connectivity index (χ4v) is 3.00. The predicted molar refractivity (Wildman–Crippen MR) is 84.6 cm³/mol. The third-order valence-electron chi connectivity index (χ3n) is 4.32. The van der Waals surface area contributed by atoms with E-state index < -0.39 is 0 Å². The van der Waals surface area contributed by atoms with Crippen LogP contribution in [0.4, 0.5) is 0 Å². The van der Waals surface area contributed by atoms with E-state index in [0.717, 1.165) is 32.1 Å². The molecule has 1 N–H and O–H groups in total. The van der Waals surface area contributed by atoms with Crippen molar-refractivity contribution in [3.8, 4) is 0 Å². The van der Waals surface area contributed by atoms with Crippen molar-refractivity contribution in [2.75, 3.05) is 26.2 Å². The van der Waals surface area contributed by atoms with Crippen LogP contribution in [0, 0.1) is 5.92 Å². The normalized spacial score (nSPS) is 16.7. The second-order valence-electron chi connectivity index (χ2n) is 5.90. The molecule has 1 aliphatic carbocycles. The van der Waals surface area contributed by atoms with Gasteiger partial charge in [-0.25, -0.2) is 0 Å². The standard InChI is InChI=1S/C17H29N3/c1-2-20(15-17-10-6-7-11-19-17)13-12-18-14-16-8-4-3-5-9-16/h6-7,10-11,16,18H,2-5,8-9,12-15H2,1H3. The predicted octanol–water partition coefficient (Wildman–Crippen LogP) is 3.07. The van der Waals surface area contributed by atoms with Gasteiger partial charge in [-0.05, 0) is 44.0 Å². The van der Waals surface area contributed by atoms with E-state index in [9.17, 15) is 0 Å². The number of pyridine rings is 1. The summed E-state index contributed by atoms with van der Waals surface area (Å²) in [6, 6.07) is 6.15. The number of likely N-dealkylation sites (N-methyl/N-ethyl adjacent to an activating group) is 1. The summed E-state index contributed by atoms with van der Waals surface area (Å²) in [6.45, 7) is 7.69. The molecule has 0 aliphatic heterocycles. The molecule has 3 heteroatoms. The van der Waals surface area contributed by atoms with Gasteiger partial charge in [0.1, 0.15) is 0 Å². The molecule has 1 aromatic heterocycles. The summed E-state index contributed by atoms with van der Waals surface area (Å²) in [5, 5.41) is 3.64. The number of aromatic nitrogens is 1. The van der Waals surface area contributed by atoms with Gasteiger partial charge in [-0.15, -0.1) is 0 Å². The van der Waals surface area contributed by atoms with Crippen LogP contribution >= 0.6 is 0 Å². The molecule has 0 unspecified atom stereocenters. The van der Waals surface area contributed by atoms with E-state index in [1.54, 1.807) is 0 Å². The Labute approximate surface area is 123 Å². The molecule has 0 spiro atoms. The van der Waals surface area contributed by atoms with Crippen LogP contribution in [0.2, 0.25) is 0 Å². The van der Waals surface area contributed by atoms with Gasteiger partial charge in [0.15, 0.2) is 0 Å². The van der Waals surface area contributed by atoms with Gasteiger partial charge in [-0.3, -0.25) is 9.88 Å². The molecule has 0 radical (unpaired) electrons. The Kier molecular flexibility index (Phi) is 7.02. The molecular formula is C17H29N3. The lowest BCUT2D eigenvalue weighted by Crippen LogP contribution is -2.34. The molecule has 0 aromatic carbocycles. The Hall–Kier alpha value is -0.930. The molecule has 0 amide bonds. The first-order chi connectivity index (χ1) is 9.88. The van der Waals surface area contributed by atoms with Gasteiger partial charge in [-0.2, -0.15) is 0 Å². The third-order valence-corrected chi connectivity index (χ3v) is 4.32. The molecule has 1 saturated carbocycles. The zero-order valence-corrected chi connectivity index (χ0v) is 12.9. The first-order valence-corrected chi connectivity index (χ1v) is 8.21. The Morgan fingerprint density at radius 3 is 2.80 bits per heavy atom. The van der Waals surface area contributed by atoms with Crippen molar-refractivity contribution in [3.63, 3.8) is 0 Å². The minimum absolute atomic E-state index is 0.926. The quantitative estimate of drug-likeness (QED) is 0.739. The van der Waals surface area contributed by atoms with Gasteiger partial charge in [0.25, 0.3) is 0 Å². The van der Waals surface area contributed by atoms with Crippen molar-refractivity contribution in [3.05, 3.63) is 30.1 Å². The zero-order chi connectivity index (χ0) is 14.0. The number of nitrogens with zero attached hydrogens (tertiary/aromatic N) is 2. The molecule has 20 heavy (non-hydrogen) atoms. The van der Waals surface area contributed by atoms with E-state index in [-0.39, 0.29) is 0 Å². The average Bonchev–Trinajstić information content (AvgIpc) is 2.52. The van der Waals surface area contributed by atoms with E-state index >= 15 is 0 Å². The van der Waals surface area contributed by atoms with Gasteiger partial charge >= 0.3 is 0 Å². The minimum Gasteiger partial charge on any atom is -0.315 e. The SMILES string of the molecule is CCN(CCNCC1CCCCC1)Cc1ccccn1. The molecule has 0 bridgehead atoms. The molecule has 2 rings (SSSR count). The lowest BCUT2D eigenvalue weighted by Gasteiger charge is -2.24. The van der Waals surface area contributed by atoms with Crippen LogP contribution in [0.3, 0.4) is 0 Å². The topological polar surface area (TPSA) is 28.2 Å². The molecule has 1 fully saturated rings. The van der Waals surface area contributed by atoms with Crippen molar-refractivity contribution in [1.29, 1.82) is 0 Å². The summed E-state index contributed by atoms with van der Waals surface area (Å²) in [5.41, 5.74) is 1.17. The Bertz CT molecular complexity index is 347. The summed E-state index contributed by atoms with van der Waals surface area (Å²) in [7, 11) is 0. The molecule has 0 saturated heterocycles. The Morgan fingerprint density at radius 2 is 2.10 bits per heavy atom. The zero-order valence-electron chi connectivity index (χ0n) is 12.9. The van der Waals surface area contributed by atoms with E-state index in [1.807, 2.05) is 12.3 Å². The Morgan fingerprint density at radius 1 is 1.25 bits per heavy atom. The fourth-order valence-electron chi connectivity index (χ4n) is 3.00. The van der Waals surface area contributed by atoms with Crippen LogP contribution in [0.25, 0.3) is 0 Å². The highest BCUT2D eigenvalue weighted by Crippen LogP contribution is 2.22. The van der Waals surface area contributed by atoms with Gasteiger partial charge in [-0.1, -0.05) is 32.3 Å². The molecule has 3 nitrogen and oxygen atoms in total. The second kappa shape index (κ2) is 9.09. The van der Waals surface area contributed by atoms with Crippen LogP contribution in [0.1, 0.15) is 44.7 Å². The van der Waals surface area contributed by atoms with Gasteiger partial charge < -0.3 is 5.32 Å². The van der Waals surface area contributed by atoms with E-state index in [4.69, 9.17) is 0 Å². The molecule has 0 atom stereocenters. The summed E-state index contributed by atoms with van der Waals surface area (Å²) >= 11 is 0. The highest BCUT2D eigenvalue weighted by molar-refractivity contribution is 5.03. The number of nitrogens with one attached hydrogen (secondary N) is 1. The summed E-state index contributed by atoms with van der Waals surface area (Å²) in [5.74, 6) is 0.926. The van der Waals surface area contributed by atoms with Gasteiger partial charge in [0.2, 0.25) is 0 Å². The summed E-state index contributed by atoms with van der Waals surface area (Å²) in [6.07, 6.45) is 9.06. The number of hydrogen-bond acceptors (Lipinski definition) is 3. The van der Waals surface area contributed by atoms with Crippen LogP contribution in [-0.4, -0.2) is 36.1 Å². The maximum atomic E-state index is 4.41. The van der Waals surface area contributed by atoms with Crippen molar-refractivity contribution < 1.29 is 0 Å². The highest BCUT2D eigenvalue weighted by Gasteiger charge is 2.12. The lowest BCUT2D eigenvalue weighted by atomic mass is 9.89. The largest absolute Gasteiger partial charge is 0.315 e. The van der Waals surface area contributed by atoms with Crippen LogP contribution in [-0.2, 0) is 6.54 Å². The van der Waals surface area contributed by atoms with Gasteiger partial charge in [0.05, 0.1) is 5.69 Å². The first kappa shape index (κ1) is 15.5. The van der Waals surface area contributed by atoms with Crippen molar-refractivity contribution in [1.82, 2.24) is 15.2 Å².